The molecule has 0 spiro atoms. The topological polar surface area (TPSA) is 125 Å². The largest absolute Gasteiger partial charge is 0.505 e. The van der Waals surface area contributed by atoms with E-state index in [1.165, 1.54) is 12.1 Å². The third kappa shape index (κ3) is 6.13. The normalized spacial score (nSPS) is 14.2. The second kappa shape index (κ2) is 7.72. The molecule has 23 heavy (non-hydrogen) atoms. The fourth-order valence-corrected chi connectivity index (χ4v) is 2.10. The molecule has 2 unspecified atom stereocenters. The number of phenols is 1. The van der Waals surface area contributed by atoms with Crippen LogP contribution in [0.1, 0.15) is 38.9 Å². The van der Waals surface area contributed by atoms with Gasteiger partial charge in [0.15, 0.2) is 0 Å². The van der Waals surface area contributed by atoms with E-state index in [4.69, 9.17) is 22.1 Å². The summed E-state index contributed by atoms with van der Waals surface area (Å²) in [4.78, 5) is 11.5. The molecule has 1 aromatic rings. The van der Waals surface area contributed by atoms with E-state index in [0.29, 0.717) is 0 Å². The molecule has 0 aliphatic heterocycles. The van der Waals surface area contributed by atoms with Crippen molar-refractivity contribution in [3.63, 3.8) is 0 Å². The van der Waals surface area contributed by atoms with E-state index in [1.807, 2.05) is 0 Å². The molecule has 6 N–H and O–H groups in total. The van der Waals surface area contributed by atoms with Gasteiger partial charge in [-0.2, -0.15) is 0 Å². The monoisotopic (exact) mass is 346 g/mol. The minimum Gasteiger partial charge on any atom is -0.505 e. The zero-order valence-corrected chi connectivity index (χ0v) is 14.1. The van der Waals surface area contributed by atoms with Crippen molar-refractivity contribution in [1.82, 2.24) is 5.32 Å². The summed E-state index contributed by atoms with van der Waals surface area (Å²) in [5.74, 6) is -0.332. The van der Waals surface area contributed by atoms with Crippen molar-refractivity contribution in [2.45, 2.75) is 45.0 Å². The fourth-order valence-electron chi connectivity index (χ4n) is 1.87. The first-order valence-electron chi connectivity index (χ1n) is 7.12. The molecule has 0 aliphatic carbocycles. The van der Waals surface area contributed by atoms with Crippen LogP contribution in [0.5, 0.6) is 5.75 Å². The Balaban J connectivity index is 2.58. The van der Waals surface area contributed by atoms with Crippen molar-refractivity contribution >= 4 is 23.4 Å². The zero-order chi connectivity index (χ0) is 17.8. The molecule has 7 nitrogen and oxygen atoms in total. The summed E-state index contributed by atoms with van der Waals surface area (Å²) in [5, 5.41) is 32.6. The Kier molecular flexibility index (Phi) is 6.49. The van der Waals surface area contributed by atoms with Gasteiger partial charge >= 0.3 is 6.09 Å². The second-order valence-corrected chi connectivity index (χ2v) is 6.60. The van der Waals surface area contributed by atoms with E-state index in [2.05, 4.69) is 5.32 Å². The molecule has 0 radical (unpaired) electrons. The van der Waals surface area contributed by atoms with Gasteiger partial charge in [0.05, 0.1) is 11.8 Å². The number of ether oxygens (including phenoxy) is 1. The summed E-state index contributed by atoms with van der Waals surface area (Å²) >= 11 is 5.82. The van der Waals surface area contributed by atoms with Crippen LogP contribution < -0.4 is 11.1 Å². The fraction of sp³-hybridized carbons (Fsp3) is 0.533. The number of hydrogen-bond acceptors (Lipinski definition) is 6. The van der Waals surface area contributed by atoms with Crippen LogP contribution in [0, 0.1) is 0 Å². The zero-order valence-electron chi connectivity index (χ0n) is 13.3. The third-order valence-corrected chi connectivity index (χ3v) is 3.14. The maximum absolute atomic E-state index is 11.5. The van der Waals surface area contributed by atoms with Crippen LogP contribution in [0.4, 0.5) is 10.5 Å². The summed E-state index contributed by atoms with van der Waals surface area (Å²) in [6.07, 6.45) is -3.19. The summed E-state index contributed by atoms with van der Waals surface area (Å²) in [7, 11) is 0. The first-order chi connectivity index (χ1) is 10.5. The molecule has 1 aromatic carbocycles. The van der Waals surface area contributed by atoms with Gasteiger partial charge in [-0.3, -0.25) is 0 Å². The van der Waals surface area contributed by atoms with Gasteiger partial charge < -0.3 is 31.1 Å². The number of alkyl carbamates (subject to hydrolysis) is 1. The van der Waals surface area contributed by atoms with Crippen LogP contribution in [0.25, 0.3) is 0 Å². The first-order valence-corrected chi connectivity index (χ1v) is 7.50. The van der Waals surface area contributed by atoms with E-state index < -0.39 is 23.9 Å². The van der Waals surface area contributed by atoms with Crippen molar-refractivity contribution in [3.8, 4) is 5.75 Å². The molecule has 0 bridgehead atoms. The highest BCUT2D eigenvalue weighted by atomic mass is 35.5. The Labute approximate surface area is 140 Å². The molecule has 0 heterocycles. The number of phenolic OH excluding ortho intramolecular Hbond substituents is 1. The number of hydrogen-bond donors (Lipinski definition) is 5. The minimum absolute atomic E-state index is 0.00521. The minimum atomic E-state index is -1.39. The number of carbonyl (C=O) groups is 1. The number of rotatable bonds is 5. The summed E-state index contributed by atoms with van der Waals surface area (Å²) < 4.78 is 5.05. The van der Waals surface area contributed by atoms with Crippen molar-refractivity contribution in [1.29, 1.82) is 0 Å². The number of aromatic hydroxyl groups is 1. The lowest BCUT2D eigenvalue weighted by molar-refractivity contribution is 0.0111. The van der Waals surface area contributed by atoms with Gasteiger partial charge in [-0.1, -0.05) is 11.6 Å². The molecule has 0 saturated heterocycles. The van der Waals surface area contributed by atoms with Gasteiger partial charge in [0, 0.05) is 17.1 Å². The Hall–Kier alpha value is -1.70. The van der Waals surface area contributed by atoms with Gasteiger partial charge in [-0.15, -0.1) is 0 Å². The lowest BCUT2D eigenvalue weighted by atomic mass is 10.0. The predicted molar refractivity (Wildman–Crippen MR) is 87.3 cm³/mol. The number of aliphatic hydroxyl groups is 2. The number of amides is 1. The molecule has 2 atom stereocenters. The lowest BCUT2D eigenvalue weighted by Gasteiger charge is -2.22. The van der Waals surface area contributed by atoms with Crippen molar-refractivity contribution in [3.05, 3.63) is 22.7 Å². The van der Waals surface area contributed by atoms with Crippen molar-refractivity contribution < 1.29 is 24.9 Å². The predicted octanol–water partition coefficient (Wildman–Crippen LogP) is 1.94. The van der Waals surface area contributed by atoms with Crippen LogP contribution in [-0.4, -0.2) is 39.7 Å². The van der Waals surface area contributed by atoms with Crippen molar-refractivity contribution in [2.24, 2.45) is 0 Å². The summed E-state index contributed by atoms with van der Waals surface area (Å²) in [6.45, 7) is 5.29. The highest BCUT2D eigenvalue weighted by molar-refractivity contribution is 6.31. The van der Waals surface area contributed by atoms with E-state index in [-0.39, 0.29) is 35.0 Å². The number of nitrogen functional groups attached to an aromatic ring is 1. The number of nitrogens with one attached hydrogen (secondary N) is 1. The van der Waals surface area contributed by atoms with Crippen LogP contribution in [0.3, 0.4) is 0 Å². The number of nitrogens with two attached hydrogens (primary N) is 1. The lowest BCUT2D eigenvalue weighted by Crippen LogP contribution is -2.34. The van der Waals surface area contributed by atoms with Gasteiger partial charge in [-0.25, -0.2) is 4.79 Å². The smallest absolute Gasteiger partial charge is 0.407 e. The van der Waals surface area contributed by atoms with E-state index in [1.54, 1.807) is 20.8 Å². The first kappa shape index (κ1) is 19.3. The van der Waals surface area contributed by atoms with Crippen LogP contribution in [0.2, 0.25) is 5.02 Å². The average molecular weight is 347 g/mol. The second-order valence-electron chi connectivity index (χ2n) is 6.16. The molecule has 1 rings (SSSR count). The Bertz CT molecular complexity index is 560. The number of carbonyl (C=O) groups excluding carboxylic acids is 1. The summed E-state index contributed by atoms with van der Waals surface area (Å²) in [5.41, 5.74) is 4.97. The molecule has 130 valence electrons. The average Bonchev–Trinajstić information content (AvgIpc) is 2.39. The number of halogens is 1. The Morgan fingerprint density at radius 2 is 2.00 bits per heavy atom. The number of benzene rings is 1. The van der Waals surface area contributed by atoms with Crippen molar-refractivity contribution in [2.75, 3.05) is 12.3 Å². The van der Waals surface area contributed by atoms with Gasteiger partial charge in [-0.05, 0) is 39.3 Å². The molecule has 0 aromatic heterocycles. The standard InChI is InChI=1S/C15H23ClN2O5/c1-15(2,3)23-14(22)18-5-4-11(19)13(21)9-6-8(16)7-10(17)12(9)20/h6-7,11,13,19-21H,4-5,17H2,1-3H3,(H,18,22). The summed E-state index contributed by atoms with van der Waals surface area (Å²) in [6, 6.07) is 2.66. The molecule has 8 heteroatoms. The number of anilines is 1. The van der Waals surface area contributed by atoms with E-state index >= 15 is 0 Å². The maximum Gasteiger partial charge on any atom is 0.407 e. The quantitative estimate of drug-likeness (QED) is 0.410. The SMILES string of the molecule is CC(C)(C)OC(=O)NCCC(O)C(O)c1cc(Cl)cc(N)c1O. The van der Waals surface area contributed by atoms with Gasteiger partial charge in [0.25, 0.3) is 0 Å². The Morgan fingerprint density at radius 1 is 1.39 bits per heavy atom. The van der Waals surface area contributed by atoms with Gasteiger partial charge in [0.2, 0.25) is 0 Å². The highest BCUT2D eigenvalue weighted by Crippen LogP contribution is 2.35. The third-order valence-electron chi connectivity index (χ3n) is 2.93. The van der Waals surface area contributed by atoms with Crippen LogP contribution in [0.15, 0.2) is 12.1 Å². The Morgan fingerprint density at radius 3 is 2.57 bits per heavy atom. The molecule has 0 saturated carbocycles. The number of aliphatic hydroxyl groups excluding tert-OH is 2. The molecule has 0 fully saturated rings. The van der Waals surface area contributed by atoms with Gasteiger partial charge in [0.1, 0.15) is 17.5 Å². The molecule has 0 aliphatic rings. The van der Waals surface area contributed by atoms with Crippen LogP contribution in [-0.2, 0) is 4.74 Å². The van der Waals surface area contributed by atoms with Crippen LogP contribution >= 0.6 is 11.6 Å². The highest BCUT2D eigenvalue weighted by Gasteiger charge is 2.23. The van der Waals surface area contributed by atoms with E-state index in [0.717, 1.165) is 0 Å². The van der Waals surface area contributed by atoms with E-state index in [9.17, 15) is 20.1 Å². The maximum atomic E-state index is 11.5. The molecular formula is C15H23ClN2O5. The molecule has 1 amide bonds. The molecular weight excluding hydrogens is 324 g/mol.